The summed E-state index contributed by atoms with van der Waals surface area (Å²) in [5.41, 5.74) is 2.15. The molecular weight excluding hydrogens is 369 g/mol. The van der Waals surface area contributed by atoms with E-state index in [1.807, 2.05) is 24.3 Å². The van der Waals surface area contributed by atoms with E-state index in [9.17, 15) is 9.18 Å². The Hall–Kier alpha value is -3.87. The van der Waals surface area contributed by atoms with Gasteiger partial charge in [0.1, 0.15) is 11.6 Å². The summed E-state index contributed by atoms with van der Waals surface area (Å²) < 4.78 is 13.6. The summed E-state index contributed by atoms with van der Waals surface area (Å²) in [6.07, 6.45) is 2.20. The highest BCUT2D eigenvalue weighted by molar-refractivity contribution is 6.07. The number of pyridine rings is 1. The summed E-state index contributed by atoms with van der Waals surface area (Å²) >= 11 is 0. The van der Waals surface area contributed by atoms with Crippen LogP contribution >= 0.6 is 0 Å². The Morgan fingerprint density at radius 1 is 0.931 bits per heavy atom. The van der Waals surface area contributed by atoms with E-state index in [0.29, 0.717) is 35.6 Å². The molecule has 1 amide bonds. The molecule has 2 aromatic heterocycles. The van der Waals surface area contributed by atoms with Crippen LogP contribution in [0.3, 0.4) is 0 Å². The number of nitrogens with zero attached hydrogens (tertiary/aromatic N) is 3. The highest BCUT2D eigenvalue weighted by Crippen LogP contribution is 2.21. The quantitative estimate of drug-likeness (QED) is 0.521. The predicted molar refractivity (Wildman–Crippen MR) is 110 cm³/mol. The van der Waals surface area contributed by atoms with Gasteiger partial charge in [0, 0.05) is 18.1 Å². The minimum atomic E-state index is -0.367. The second kappa shape index (κ2) is 8.43. The largest absolute Gasteiger partial charge is 0.368 e. The number of anilines is 2. The lowest BCUT2D eigenvalue weighted by Crippen LogP contribution is -2.15. The molecule has 0 aliphatic carbocycles. The van der Waals surface area contributed by atoms with Crippen molar-refractivity contribution in [1.82, 2.24) is 15.2 Å². The van der Waals surface area contributed by atoms with Gasteiger partial charge in [0.25, 0.3) is 5.91 Å². The number of hydrogen-bond acceptors (Lipinski definition) is 5. The molecule has 2 N–H and O–H groups in total. The van der Waals surface area contributed by atoms with Crippen LogP contribution in [0.15, 0.2) is 72.9 Å². The van der Waals surface area contributed by atoms with Gasteiger partial charge in [-0.3, -0.25) is 9.78 Å². The zero-order valence-electron chi connectivity index (χ0n) is 15.5. The molecule has 0 saturated heterocycles. The molecule has 29 heavy (non-hydrogen) atoms. The molecule has 6 nitrogen and oxygen atoms in total. The van der Waals surface area contributed by atoms with Gasteiger partial charge in [-0.15, -0.1) is 10.2 Å². The molecule has 144 valence electrons. The Bertz CT molecular complexity index is 1140. The summed E-state index contributed by atoms with van der Waals surface area (Å²) in [6, 6.07) is 19.3. The molecule has 0 spiro atoms. The molecule has 7 heteroatoms. The smallest absolute Gasteiger partial charge is 0.276 e. The summed E-state index contributed by atoms with van der Waals surface area (Å²) in [5, 5.41) is 14.8. The molecule has 2 aromatic carbocycles. The number of nitrogens with one attached hydrogen (secondary N) is 2. The molecule has 0 bridgehead atoms. The Morgan fingerprint density at radius 2 is 1.79 bits per heavy atom. The minimum Gasteiger partial charge on any atom is -0.368 e. The van der Waals surface area contributed by atoms with Crippen LogP contribution < -0.4 is 10.6 Å². The molecule has 2 heterocycles. The van der Waals surface area contributed by atoms with Crippen LogP contribution in [0.25, 0.3) is 10.9 Å². The molecule has 0 atom stereocenters. The SMILES string of the molecule is O=C(Nc1cccc2cccnc12)c1ccc(NCCc2ccccc2F)nn1. The Morgan fingerprint density at radius 3 is 2.62 bits per heavy atom. The molecule has 0 fully saturated rings. The third-order valence-corrected chi connectivity index (χ3v) is 4.44. The molecule has 0 unspecified atom stereocenters. The lowest BCUT2D eigenvalue weighted by Gasteiger charge is -2.08. The predicted octanol–water partition coefficient (Wildman–Crippen LogP) is 4.07. The van der Waals surface area contributed by atoms with Gasteiger partial charge in [0.15, 0.2) is 5.69 Å². The van der Waals surface area contributed by atoms with Crippen LogP contribution in [0, 0.1) is 5.82 Å². The highest BCUT2D eigenvalue weighted by atomic mass is 19.1. The fourth-order valence-electron chi connectivity index (χ4n) is 2.97. The summed E-state index contributed by atoms with van der Waals surface area (Å²) in [6.45, 7) is 0.503. The number of rotatable bonds is 6. The number of para-hydroxylation sites is 1. The van der Waals surface area contributed by atoms with Crippen molar-refractivity contribution in [3.63, 3.8) is 0 Å². The van der Waals surface area contributed by atoms with E-state index >= 15 is 0 Å². The van der Waals surface area contributed by atoms with Gasteiger partial charge < -0.3 is 10.6 Å². The molecule has 0 aliphatic heterocycles. The number of aromatic nitrogens is 3. The Kier molecular flexibility index (Phi) is 5.38. The zero-order chi connectivity index (χ0) is 20.1. The van der Waals surface area contributed by atoms with E-state index in [-0.39, 0.29) is 17.4 Å². The first-order valence-electron chi connectivity index (χ1n) is 9.17. The van der Waals surface area contributed by atoms with Crippen molar-refractivity contribution in [2.75, 3.05) is 17.2 Å². The maximum absolute atomic E-state index is 13.6. The molecule has 4 rings (SSSR count). The number of carbonyl (C=O) groups excluding carboxylic acids is 1. The van der Waals surface area contributed by atoms with Gasteiger partial charge in [-0.25, -0.2) is 4.39 Å². The fourth-order valence-corrected chi connectivity index (χ4v) is 2.97. The van der Waals surface area contributed by atoms with Crippen molar-refractivity contribution in [3.05, 3.63) is 90.0 Å². The van der Waals surface area contributed by atoms with Crippen LogP contribution in [0.5, 0.6) is 0 Å². The third kappa shape index (κ3) is 4.35. The lowest BCUT2D eigenvalue weighted by atomic mass is 10.1. The Labute approximate surface area is 166 Å². The first-order chi connectivity index (χ1) is 14.2. The minimum absolute atomic E-state index is 0.192. The van der Waals surface area contributed by atoms with Gasteiger partial charge >= 0.3 is 0 Å². The van der Waals surface area contributed by atoms with E-state index in [1.165, 1.54) is 6.07 Å². The van der Waals surface area contributed by atoms with E-state index in [0.717, 1.165) is 5.39 Å². The Balaban J connectivity index is 1.38. The van der Waals surface area contributed by atoms with Crippen LogP contribution in [0.1, 0.15) is 16.1 Å². The van der Waals surface area contributed by atoms with Crippen molar-refractivity contribution >= 4 is 28.3 Å². The number of carbonyl (C=O) groups is 1. The maximum Gasteiger partial charge on any atom is 0.276 e. The van der Waals surface area contributed by atoms with E-state index in [1.54, 1.807) is 42.6 Å². The second-order valence-electron chi connectivity index (χ2n) is 6.41. The third-order valence-electron chi connectivity index (χ3n) is 4.44. The van der Waals surface area contributed by atoms with E-state index in [4.69, 9.17) is 0 Å². The molecule has 0 aliphatic rings. The normalized spacial score (nSPS) is 10.7. The zero-order valence-corrected chi connectivity index (χ0v) is 15.5. The van der Waals surface area contributed by atoms with Gasteiger partial charge in [-0.2, -0.15) is 0 Å². The summed E-state index contributed by atoms with van der Waals surface area (Å²) in [4.78, 5) is 16.8. The van der Waals surface area contributed by atoms with Crippen LogP contribution in [0.2, 0.25) is 0 Å². The van der Waals surface area contributed by atoms with Gasteiger partial charge in [-0.1, -0.05) is 36.4 Å². The van der Waals surface area contributed by atoms with E-state index in [2.05, 4.69) is 25.8 Å². The van der Waals surface area contributed by atoms with Crippen molar-refractivity contribution < 1.29 is 9.18 Å². The van der Waals surface area contributed by atoms with Crippen molar-refractivity contribution in [1.29, 1.82) is 0 Å². The maximum atomic E-state index is 13.6. The summed E-state index contributed by atoms with van der Waals surface area (Å²) in [7, 11) is 0. The molecular formula is C22H18FN5O. The van der Waals surface area contributed by atoms with Crippen LogP contribution in [0.4, 0.5) is 15.9 Å². The number of halogens is 1. The highest BCUT2D eigenvalue weighted by Gasteiger charge is 2.11. The first kappa shape index (κ1) is 18.5. The van der Waals surface area contributed by atoms with Gasteiger partial charge in [0.05, 0.1) is 11.2 Å². The molecule has 4 aromatic rings. The van der Waals surface area contributed by atoms with Crippen molar-refractivity contribution in [2.24, 2.45) is 0 Å². The fraction of sp³-hybridized carbons (Fsp3) is 0.0909. The average molecular weight is 387 g/mol. The molecule has 0 radical (unpaired) electrons. The number of hydrogen-bond donors (Lipinski definition) is 2. The first-order valence-corrected chi connectivity index (χ1v) is 9.17. The number of amides is 1. The average Bonchev–Trinajstić information content (AvgIpc) is 2.76. The van der Waals surface area contributed by atoms with E-state index < -0.39 is 0 Å². The number of benzene rings is 2. The van der Waals surface area contributed by atoms with Crippen molar-refractivity contribution in [3.8, 4) is 0 Å². The van der Waals surface area contributed by atoms with Gasteiger partial charge in [-0.05, 0) is 42.3 Å². The summed E-state index contributed by atoms with van der Waals surface area (Å²) in [5.74, 6) is -0.0754. The second-order valence-corrected chi connectivity index (χ2v) is 6.41. The van der Waals surface area contributed by atoms with Gasteiger partial charge in [0.2, 0.25) is 0 Å². The topological polar surface area (TPSA) is 79.8 Å². The lowest BCUT2D eigenvalue weighted by molar-refractivity contribution is 0.102. The van der Waals surface area contributed by atoms with Crippen molar-refractivity contribution in [2.45, 2.75) is 6.42 Å². The van der Waals surface area contributed by atoms with Crippen LogP contribution in [-0.4, -0.2) is 27.6 Å². The number of fused-ring (bicyclic) bond motifs is 1. The molecule has 0 saturated carbocycles. The standard InChI is InChI=1S/C22H18FN5O/c23-17-8-2-1-5-15(17)12-14-24-20-11-10-19(27-28-20)22(29)26-18-9-3-6-16-7-4-13-25-21(16)18/h1-11,13H,12,14H2,(H,24,28)(H,26,29). The monoisotopic (exact) mass is 387 g/mol. The van der Waals surface area contributed by atoms with Crippen LogP contribution in [-0.2, 0) is 6.42 Å².